The maximum Gasteiger partial charge on any atom is 0.325 e. The second-order valence-electron chi connectivity index (χ2n) is 8.32. The van der Waals surface area contributed by atoms with Gasteiger partial charge in [0.25, 0.3) is 5.91 Å². The van der Waals surface area contributed by atoms with Gasteiger partial charge in [0.2, 0.25) is 15.9 Å². The van der Waals surface area contributed by atoms with Crippen molar-refractivity contribution >= 4 is 27.9 Å². The predicted molar refractivity (Wildman–Crippen MR) is 109 cm³/mol. The number of carbonyl (C=O) groups is 3. The van der Waals surface area contributed by atoms with Gasteiger partial charge in [-0.25, -0.2) is 13.2 Å². The Kier molecular flexibility index (Phi) is 5.31. The number of nitrogens with one attached hydrogen (secondary N) is 1. The van der Waals surface area contributed by atoms with Crippen molar-refractivity contribution in [1.29, 1.82) is 0 Å². The third-order valence-corrected chi connectivity index (χ3v) is 8.02. The number of amides is 4. The lowest BCUT2D eigenvalue weighted by molar-refractivity contribution is -0.139. The van der Waals surface area contributed by atoms with Gasteiger partial charge < -0.3 is 10.2 Å². The number of sulfonamides is 1. The van der Waals surface area contributed by atoms with E-state index in [1.165, 1.54) is 9.21 Å². The summed E-state index contributed by atoms with van der Waals surface area (Å²) in [7, 11) is -3.48. The maximum absolute atomic E-state index is 12.7. The van der Waals surface area contributed by atoms with E-state index >= 15 is 0 Å². The molecule has 2 heterocycles. The van der Waals surface area contributed by atoms with Gasteiger partial charge in [-0.2, -0.15) is 4.31 Å². The maximum atomic E-state index is 12.7. The Morgan fingerprint density at radius 3 is 2.33 bits per heavy atom. The summed E-state index contributed by atoms with van der Waals surface area (Å²) in [5.74, 6) is -0.650. The van der Waals surface area contributed by atoms with Gasteiger partial charge in [0.15, 0.2) is 0 Å². The SMILES string of the molecule is CC1(C2CC2)NC(=O)N(CC(=O)N2CCN(S(=O)(=O)Cc3ccccc3)CC2)C1=O. The zero-order valence-corrected chi connectivity index (χ0v) is 17.7. The van der Waals surface area contributed by atoms with E-state index in [-0.39, 0.29) is 56.2 Å². The fourth-order valence-corrected chi connectivity index (χ4v) is 5.64. The Hall–Kier alpha value is -2.46. The van der Waals surface area contributed by atoms with Crippen LogP contribution in [0.25, 0.3) is 0 Å². The summed E-state index contributed by atoms with van der Waals surface area (Å²) in [5.41, 5.74) is -0.199. The quantitative estimate of drug-likeness (QED) is 0.652. The highest BCUT2D eigenvalue weighted by Gasteiger charge is 2.56. The molecule has 0 radical (unpaired) electrons. The van der Waals surface area contributed by atoms with Gasteiger partial charge in [-0.3, -0.25) is 14.5 Å². The Balaban J connectivity index is 1.32. The van der Waals surface area contributed by atoms with Crippen molar-refractivity contribution in [1.82, 2.24) is 19.4 Å². The van der Waals surface area contributed by atoms with E-state index in [0.717, 1.165) is 17.7 Å². The molecule has 4 amide bonds. The first-order valence-electron chi connectivity index (χ1n) is 10.1. The number of rotatable bonds is 6. The minimum absolute atomic E-state index is 0.0794. The van der Waals surface area contributed by atoms with Gasteiger partial charge in [0.05, 0.1) is 5.75 Å². The zero-order chi connectivity index (χ0) is 21.5. The van der Waals surface area contributed by atoms with Crippen LogP contribution in [0, 0.1) is 5.92 Å². The normalized spacial score (nSPS) is 25.5. The standard InChI is InChI=1S/C20H26N4O5S/c1-20(16-7-8-16)18(26)24(19(27)21-20)13-17(25)22-9-11-23(12-10-22)30(28,29)14-15-5-3-2-4-6-15/h2-6,16H,7-14H2,1H3,(H,21,27). The van der Waals surface area contributed by atoms with Gasteiger partial charge in [-0.05, 0) is 31.2 Å². The molecule has 162 valence electrons. The predicted octanol–water partition coefficient (Wildman–Crippen LogP) is 0.381. The average molecular weight is 435 g/mol. The lowest BCUT2D eigenvalue weighted by Gasteiger charge is -2.34. The number of benzene rings is 1. The van der Waals surface area contributed by atoms with Gasteiger partial charge in [0, 0.05) is 26.2 Å². The van der Waals surface area contributed by atoms with Crippen LogP contribution in [0.4, 0.5) is 4.79 Å². The van der Waals surface area contributed by atoms with Crippen LogP contribution in [0.15, 0.2) is 30.3 Å². The van der Waals surface area contributed by atoms with E-state index < -0.39 is 21.6 Å². The number of piperazine rings is 1. The highest BCUT2D eigenvalue weighted by Crippen LogP contribution is 2.42. The molecular formula is C20H26N4O5S. The van der Waals surface area contributed by atoms with Crippen LogP contribution in [0.3, 0.4) is 0 Å². The second kappa shape index (κ2) is 7.66. The Morgan fingerprint density at radius 2 is 1.73 bits per heavy atom. The van der Waals surface area contributed by atoms with Gasteiger partial charge >= 0.3 is 6.03 Å². The number of hydrogen-bond acceptors (Lipinski definition) is 5. The van der Waals surface area contributed by atoms with E-state index in [4.69, 9.17) is 0 Å². The fourth-order valence-electron chi connectivity index (χ4n) is 4.12. The fraction of sp³-hybridized carbons (Fsp3) is 0.550. The summed E-state index contributed by atoms with van der Waals surface area (Å²) in [6, 6.07) is 8.43. The molecule has 1 aromatic rings. The zero-order valence-electron chi connectivity index (χ0n) is 16.9. The van der Waals surface area contributed by atoms with E-state index in [1.807, 2.05) is 6.07 Å². The topological polar surface area (TPSA) is 107 Å². The molecule has 1 unspecified atom stereocenters. The van der Waals surface area contributed by atoms with E-state index in [1.54, 1.807) is 31.2 Å². The molecule has 3 fully saturated rings. The van der Waals surface area contributed by atoms with E-state index in [9.17, 15) is 22.8 Å². The Labute approximate surface area is 176 Å². The average Bonchev–Trinajstić information content (AvgIpc) is 3.54. The molecule has 2 saturated heterocycles. The smallest absolute Gasteiger partial charge is 0.325 e. The molecule has 4 rings (SSSR count). The molecule has 1 aliphatic carbocycles. The lowest BCUT2D eigenvalue weighted by Crippen LogP contribution is -2.53. The number of imide groups is 1. The van der Waals surface area contributed by atoms with Crippen LogP contribution >= 0.6 is 0 Å². The third-order valence-electron chi connectivity index (χ3n) is 6.17. The summed E-state index contributed by atoms with van der Waals surface area (Å²) < 4.78 is 26.7. The highest BCUT2D eigenvalue weighted by molar-refractivity contribution is 7.88. The van der Waals surface area contributed by atoms with Crippen molar-refractivity contribution in [2.75, 3.05) is 32.7 Å². The molecular weight excluding hydrogens is 408 g/mol. The van der Waals surface area contributed by atoms with Crippen LogP contribution in [-0.2, 0) is 25.4 Å². The van der Waals surface area contributed by atoms with Crippen molar-refractivity contribution in [2.45, 2.75) is 31.1 Å². The van der Waals surface area contributed by atoms with Crippen LogP contribution < -0.4 is 5.32 Å². The monoisotopic (exact) mass is 434 g/mol. The first kappa shape index (κ1) is 20.8. The van der Waals surface area contributed by atoms with E-state index in [2.05, 4.69) is 5.32 Å². The third kappa shape index (κ3) is 3.93. The molecule has 1 N–H and O–H groups in total. The van der Waals surface area contributed by atoms with Crippen molar-refractivity contribution in [3.8, 4) is 0 Å². The van der Waals surface area contributed by atoms with Crippen LogP contribution in [0.5, 0.6) is 0 Å². The van der Waals surface area contributed by atoms with Gasteiger partial charge in [-0.1, -0.05) is 30.3 Å². The molecule has 9 nitrogen and oxygen atoms in total. The summed E-state index contributed by atoms with van der Waals surface area (Å²) in [5, 5.41) is 2.73. The van der Waals surface area contributed by atoms with Crippen LogP contribution in [0.1, 0.15) is 25.3 Å². The first-order chi connectivity index (χ1) is 14.2. The van der Waals surface area contributed by atoms with Crippen molar-refractivity contribution in [3.63, 3.8) is 0 Å². The molecule has 10 heteroatoms. The molecule has 2 aliphatic heterocycles. The highest BCUT2D eigenvalue weighted by atomic mass is 32.2. The number of hydrogen-bond donors (Lipinski definition) is 1. The van der Waals surface area contributed by atoms with Crippen LogP contribution in [-0.4, -0.2) is 78.6 Å². The van der Waals surface area contributed by atoms with Crippen molar-refractivity contribution in [2.24, 2.45) is 5.92 Å². The van der Waals surface area contributed by atoms with Crippen LogP contribution in [0.2, 0.25) is 0 Å². The van der Waals surface area contributed by atoms with E-state index in [0.29, 0.717) is 5.56 Å². The number of urea groups is 1. The molecule has 30 heavy (non-hydrogen) atoms. The molecule has 1 aromatic carbocycles. The molecule has 3 aliphatic rings. The van der Waals surface area contributed by atoms with Crippen molar-refractivity contribution < 1.29 is 22.8 Å². The Morgan fingerprint density at radius 1 is 1.10 bits per heavy atom. The first-order valence-corrected chi connectivity index (χ1v) is 11.8. The summed E-state index contributed by atoms with van der Waals surface area (Å²) in [6.07, 6.45) is 1.79. The summed E-state index contributed by atoms with van der Waals surface area (Å²) >= 11 is 0. The molecule has 1 saturated carbocycles. The molecule has 1 atom stereocenters. The van der Waals surface area contributed by atoms with Gasteiger partial charge in [0.1, 0.15) is 12.1 Å². The molecule has 0 aromatic heterocycles. The second-order valence-corrected chi connectivity index (χ2v) is 10.3. The molecule has 0 spiro atoms. The molecule has 0 bridgehead atoms. The Bertz CT molecular complexity index is 955. The lowest BCUT2D eigenvalue weighted by atomic mass is 9.96. The van der Waals surface area contributed by atoms with Gasteiger partial charge in [-0.15, -0.1) is 0 Å². The number of carbonyl (C=O) groups excluding carboxylic acids is 3. The summed E-state index contributed by atoms with van der Waals surface area (Å²) in [6.45, 7) is 2.25. The minimum atomic E-state index is -3.48. The summed E-state index contributed by atoms with van der Waals surface area (Å²) in [4.78, 5) is 40.1. The number of nitrogens with zero attached hydrogens (tertiary/aromatic N) is 3. The largest absolute Gasteiger partial charge is 0.338 e. The van der Waals surface area contributed by atoms with Crippen molar-refractivity contribution in [3.05, 3.63) is 35.9 Å². The minimum Gasteiger partial charge on any atom is -0.338 e.